The Hall–Kier alpha value is -2.58. The predicted octanol–water partition coefficient (Wildman–Crippen LogP) is 3.75. The van der Waals surface area contributed by atoms with Crippen molar-refractivity contribution in [1.82, 2.24) is 0 Å². The summed E-state index contributed by atoms with van der Waals surface area (Å²) < 4.78 is 6.19. The summed E-state index contributed by atoms with van der Waals surface area (Å²) in [7, 11) is 1.28. The highest BCUT2D eigenvalue weighted by molar-refractivity contribution is 7.16. The number of rotatable bonds is 8. The van der Waals surface area contributed by atoms with Gasteiger partial charge in [-0.25, -0.2) is 4.79 Å². The van der Waals surface area contributed by atoms with Gasteiger partial charge in [0.2, 0.25) is 0 Å². The number of halogens is 1. The van der Waals surface area contributed by atoms with Gasteiger partial charge in [-0.15, -0.1) is 11.3 Å². The highest BCUT2D eigenvalue weighted by Crippen LogP contribution is 2.22. The maximum absolute atomic E-state index is 11.5. The molecule has 1 aromatic carbocycles. The van der Waals surface area contributed by atoms with E-state index in [0.29, 0.717) is 22.1 Å². The molecule has 0 aliphatic rings. The number of nitrogens with zero attached hydrogens (tertiary/aromatic N) is 2. The van der Waals surface area contributed by atoms with Gasteiger partial charge in [-0.05, 0) is 30.3 Å². The number of ether oxygens (including phenoxy) is 1. The summed E-state index contributed by atoms with van der Waals surface area (Å²) in [6, 6.07) is 10.3. The average molecular weight is 397 g/mol. The smallest absolute Gasteiger partial charge is 0.358 e. The van der Waals surface area contributed by atoms with Crippen molar-refractivity contribution in [3.63, 3.8) is 0 Å². The first kappa shape index (κ1) is 19.7. The summed E-state index contributed by atoms with van der Waals surface area (Å²) in [6.45, 7) is 2.33. The van der Waals surface area contributed by atoms with Crippen LogP contribution in [0.3, 0.4) is 0 Å². The molecule has 2 rings (SSSR count). The molecule has 0 unspecified atom stereocenters. The van der Waals surface area contributed by atoms with Gasteiger partial charge < -0.3 is 19.5 Å². The maximum Gasteiger partial charge on any atom is 0.358 e. The summed E-state index contributed by atoms with van der Waals surface area (Å²) in [4.78, 5) is 22.4. The van der Waals surface area contributed by atoms with E-state index >= 15 is 0 Å². The topological polar surface area (TPSA) is 89.7 Å². The minimum atomic E-state index is -1.23. The number of carboxylic acid groups (broad SMARTS) is 1. The van der Waals surface area contributed by atoms with Crippen LogP contribution >= 0.6 is 22.9 Å². The summed E-state index contributed by atoms with van der Waals surface area (Å²) in [5.41, 5.74) is 0.467. The average Bonchev–Trinajstić information content (AvgIpc) is 3.04. The molecule has 26 heavy (non-hydrogen) atoms. The second-order valence-corrected chi connectivity index (χ2v) is 6.58. The lowest BCUT2D eigenvalue weighted by molar-refractivity contribution is -0.129. The standard InChI is InChI=1S/C17H17ClN2O5S/c1-3-24-16(20-25-10-11-8-9-14(18)26-11)13-7-5-4-6-12(13)15(17(21)22)19-23-2/h4-9H,3,10H2,1-2H3,(H,21,22)/b19-15-,20-16+. The quantitative estimate of drug-likeness (QED) is 0.417. The van der Waals surface area contributed by atoms with Crippen LogP contribution in [-0.2, 0) is 25.8 Å². The highest BCUT2D eigenvalue weighted by atomic mass is 35.5. The largest absolute Gasteiger partial charge is 0.476 e. The van der Waals surface area contributed by atoms with Crippen LogP contribution in [0.5, 0.6) is 0 Å². The van der Waals surface area contributed by atoms with Gasteiger partial charge in [0.05, 0.1) is 10.9 Å². The van der Waals surface area contributed by atoms with Gasteiger partial charge in [0.1, 0.15) is 7.11 Å². The van der Waals surface area contributed by atoms with E-state index in [4.69, 9.17) is 21.2 Å². The second-order valence-electron chi connectivity index (χ2n) is 4.78. The Morgan fingerprint density at radius 2 is 1.92 bits per heavy atom. The van der Waals surface area contributed by atoms with Crippen molar-refractivity contribution in [2.45, 2.75) is 13.5 Å². The molecule has 0 aliphatic carbocycles. The third kappa shape index (κ3) is 5.21. The minimum Gasteiger partial charge on any atom is -0.476 e. The molecule has 7 nitrogen and oxygen atoms in total. The van der Waals surface area contributed by atoms with Crippen molar-refractivity contribution < 1.29 is 24.3 Å². The molecule has 138 valence electrons. The minimum absolute atomic E-state index is 0.149. The van der Waals surface area contributed by atoms with Gasteiger partial charge in [0.25, 0.3) is 5.90 Å². The molecule has 0 aliphatic heterocycles. The zero-order chi connectivity index (χ0) is 18.9. The van der Waals surface area contributed by atoms with Crippen LogP contribution in [-0.4, -0.2) is 36.4 Å². The number of benzene rings is 1. The third-order valence-electron chi connectivity index (χ3n) is 3.06. The molecule has 0 spiro atoms. The van der Waals surface area contributed by atoms with Crippen molar-refractivity contribution in [1.29, 1.82) is 0 Å². The first-order chi connectivity index (χ1) is 12.6. The van der Waals surface area contributed by atoms with E-state index in [1.165, 1.54) is 18.4 Å². The molecular formula is C17H17ClN2O5S. The Kier molecular flexibility index (Phi) is 7.43. The zero-order valence-electron chi connectivity index (χ0n) is 14.1. The van der Waals surface area contributed by atoms with E-state index in [1.54, 1.807) is 37.3 Å². The van der Waals surface area contributed by atoms with E-state index < -0.39 is 5.97 Å². The lowest BCUT2D eigenvalue weighted by Crippen LogP contribution is -2.20. The summed E-state index contributed by atoms with van der Waals surface area (Å²) in [5, 5.41) is 17.0. The summed E-state index contributed by atoms with van der Waals surface area (Å²) in [5.74, 6) is -1.08. The molecule has 0 fully saturated rings. The first-order valence-electron chi connectivity index (χ1n) is 7.58. The Bertz CT molecular complexity index is 819. The SMILES string of the molecule is CCO/C(=N/OCc1ccc(Cl)s1)c1ccccc1/C(=N/OC)C(=O)O. The van der Waals surface area contributed by atoms with Crippen LogP contribution in [0, 0.1) is 0 Å². The van der Waals surface area contributed by atoms with Gasteiger partial charge in [0.15, 0.2) is 12.3 Å². The number of oxime groups is 2. The molecule has 0 bridgehead atoms. The Balaban J connectivity index is 2.32. The second kappa shape index (κ2) is 9.79. The van der Waals surface area contributed by atoms with Gasteiger partial charge in [0, 0.05) is 16.0 Å². The number of hydrogen-bond acceptors (Lipinski definition) is 7. The van der Waals surface area contributed by atoms with Crippen molar-refractivity contribution in [2.24, 2.45) is 10.3 Å². The highest BCUT2D eigenvalue weighted by Gasteiger charge is 2.21. The van der Waals surface area contributed by atoms with Crippen molar-refractivity contribution in [3.8, 4) is 0 Å². The number of hydrogen-bond donors (Lipinski definition) is 1. The summed E-state index contributed by atoms with van der Waals surface area (Å²) >= 11 is 7.27. The van der Waals surface area contributed by atoms with Crippen LogP contribution in [0.2, 0.25) is 4.34 Å². The first-order valence-corrected chi connectivity index (χ1v) is 8.77. The molecule has 0 saturated heterocycles. The number of thiophene rings is 1. The fourth-order valence-corrected chi connectivity index (χ4v) is 3.04. The van der Waals surface area contributed by atoms with E-state index in [1.807, 2.05) is 6.07 Å². The van der Waals surface area contributed by atoms with Crippen LogP contribution < -0.4 is 0 Å². The molecule has 2 aromatic rings. The maximum atomic E-state index is 11.5. The van der Waals surface area contributed by atoms with Crippen molar-refractivity contribution in [3.05, 3.63) is 56.7 Å². The zero-order valence-corrected chi connectivity index (χ0v) is 15.7. The van der Waals surface area contributed by atoms with Crippen molar-refractivity contribution >= 4 is 40.5 Å². The van der Waals surface area contributed by atoms with Crippen LogP contribution in [0.4, 0.5) is 0 Å². The summed E-state index contributed by atoms with van der Waals surface area (Å²) in [6.07, 6.45) is 0. The molecule has 1 N–H and O–H groups in total. The lowest BCUT2D eigenvalue weighted by atomic mass is 10.0. The third-order valence-corrected chi connectivity index (χ3v) is 4.27. The van der Waals surface area contributed by atoms with Gasteiger partial charge in [-0.3, -0.25) is 0 Å². The van der Waals surface area contributed by atoms with E-state index in [2.05, 4.69) is 15.1 Å². The van der Waals surface area contributed by atoms with Crippen molar-refractivity contribution in [2.75, 3.05) is 13.7 Å². The molecule has 0 radical (unpaired) electrons. The van der Waals surface area contributed by atoms with E-state index in [9.17, 15) is 9.90 Å². The van der Waals surface area contributed by atoms with E-state index in [0.717, 1.165) is 4.88 Å². The van der Waals surface area contributed by atoms with E-state index in [-0.39, 0.29) is 18.2 Å². The molecular weight excluding hydrogens is 380 g/mol. The fourth-order valence-electron chi connectivity index (χ4n) is 2.04. The molecule has 9 heteroatoms. The van der Waals surface area contributed by atoms with Gasteiger partial charge in [-0.2, -0.15) is 0 Å². The fraction of sp³-hybridized carbons (Fsp3) is 0.235. The molecule has 1 aromatic heterocycles. The number of carboxylic acids is 1. The Morgan fingerprint density at radius 3 is 2.50 bits per heavy atom. The molecule has 1 heterocycles. The molecule has 0 saturated carbocycles. The monoisotopic (exact) mass is 396 g/mol. The molecule has 0 atom stereocenters. The van der Waals surface area contributed by atoms with Crippen LogP contribution in [0.1, 0.15) is 22.9 Å². The Morgan fingerprint density at radius 1 is 1.19 bits per heavy atom. The lowest BCUT2D eigenvalue weighted by Gasteiger charge is -2.11. The van der Waals surface area contributed by atoms with Gasteiger partial charge >= 0.3 is 5.97 Å². The van der Waals surface area contributed by atoms with Gasteiger partial charge in [-0.1, -0.05) is 35.0 Å². The van der Waals surface area contributed by atoms with Crippen LogP contribution in [0.15, 0.2) is 46.7 Å². The predicted molar refractivity (Wildman–Crippen MR) is 99.9 cm³/mol. The molecule has 0 amide bonds. The Labute approximate surface area is 159 Å². The van der Waals surface area contributed by atoms with Crippen LogP contribution in [0.25, 0.3) is 0 Å². The normalized spacial score (nSPS) is 12.0. The number of carbonyl (C=O) groups is 1. The number of aliphatic carboxylic acids is 1.